The zero-order valence-corrected chi connectivity index (χ0v) is 11.2. The highest BCUT2D eigenvalue weighted by Crippen LogP contribution is 2.23. The summed E-state index contributed by atoms with van der Waals surface area (Å²) in [5.41, 5.74) is 2.97. The van der Waals surface area contributed by atoms with Crippen LogP contribution in [0.1, 0.15) is 17.0 Å². The van der Waals surface area contributed by atoms with Crippen LogP contribution in [0.5, 0.6) is 0 Å². The van der Waals surface area contributed by atoms with Crippen molar-refractivity contribution in [2.24, 2.45) is 0 Å². The van der Waals surface area contributed by atoms with Crippen LogP contribution in [0, 0.1) is 13.8 Å². The summed E-state index contributed by atoms with van der Waals surface area (Å²) >= 11 is 7.56. The first-order chi connectivity index (χ1) is 8.15. The third kappa shape index (κ3) is 3.41. The van der Waals surface area contributed by atoms with Crippen molar-refractivity contribution in [2.75, 3.05) is 0 Å². The number of thioether (sulfide) groups is 1. The molecule has 0 saturated carbocycles. The van der Waals surface area contributed by atoms with Gasteiger partial charge in [0.15, 0.2) is 5.16 Å². The fourth-order valence-electron chi connectivity index (χ4n) is 1.43. The average Bonchev–Trinajstić information content (AvgIpc) is 2.27. The van der Waals surface area contributed by atoms with Crippen molar-refractivity contribution >= 4 is 23.4 Å². The number of hydrogen-bond acceptors (Lipinski definition) is 4. The Bertz CT molecular complexity index is 511. The highest BCUT2D eigenvalue weighted by Gasteiger charge is 2.04. The number of hydrogen-bond donors (Lipinski definition) is 0. The van der Waals surface area contributed by atoms with Crippen LogP contribution >= 0.6 is 23.4 Å². The van der Waals surface area contributed by atoms with Gasteiger partial charge in [-0.2, -0.15) is 0 Å². The fraction of sp³-hybridized carbons (Fsp3) is 0.250. The molecule has 17 heavy (non-hydrogen) atoms. The van der Waals surface area contributed by atoms with E-state index >= 15 is 0 Å². The molecule has 5 heteroatoms. The van der Waals surface area contributed by atoms with Crippen molar-refractivity contribution < 1.29 is 0 Å². The van der Waals surface area contributed by atoms with E-state index in [2.05, 4.69) is 15.0 Å². The molecule has 0 atom stereocenters. The van der Waals surface area contributed by atoms with E-state index in [9.17, 15) is 0 Å². The van der Waals surface area contributed by atoms with E-state index in [1.807, 2.05) is 32.0 Å². The van der Waals surface area contributed by atoms with Gasteiger partial charge in [-0.1, -0.05) is 29.4 Å². The molecule has 0 unspecified atom stereocenters. The highest BCUT2D eigenvalue weighted by molar-refractivity contribution is 7.98. The van der Waals surface area contributed by atoms with Crippen LogP contribution in [-0.2, 0) is 5.75 Å². The van der Waals surface area contributed by atoms with Crippen molar-refractivity contribution in [1.82, 2.24) is 15.0 Å². The van der Waals surface area contributed by atoms with Crippen molar-refractivity contribution in [3.63, 3.8) is 0 Å². The summed E-state index contributed by atoms with van der Waals surface area (Å²) in [6.07, 6.45) is 1.68. The van der Waals surface area contributed by atoms with Crippen molar-refractivity contribution in [1.29, 1.82) is 0 Å². The molecule has 0 aliphatic heterocycles. The molecule has 0 N–H and O–H groups in total. The normalized spacial score (nSPS) is 10.5. The van der Waals surface area contributed by atoms with Crippen LogP contribution in [0.4, 0.5) is 0 Å². The van der Waals surface area contributed by atoms with Crippen LogP contribution in [0.3, 0.4) is 0 Å². The third-order valence-corrected chi connectivity index (χ3v) is 3.39. The van der Waals surface area contributed by atoms with Crippen LogP contribution in [0.15, 0.2) is 29.6 Å². The van der Waals surface area contributed by atoms with E-state index in [4.69, 9.17) is 11.6 Å². The van der Waals surface area contributed by atoms with Gasteiger partial charge in [0.05, 0.1) is 0 Å². The molecule has 2 heterocycles. The molecule has 2 aromatic rings. The summed E-state index contributed by atoms with van der Waals surface area (Å²) in [4.78, 5) is 12.8. The predicted molar refractivity (Wildman–Crippen MR) is 70.3 cm³/mol. The van der Waals surface area contributed by atoms with Crippen molar-refractivity contribution in [3.8, 4) is 0 Å². The minimum absolute atomic E-state index is 0.546. The van der Waals surface area contributed by atoms with Gasteiger partial charge < -0.3 is 0 Å². The second kappa shape index (κ2) is 5.47. The summed E-state index contributed by atoms with van der Waals surface area (Å²) < 4.78 is 0. The Labute approximate surface area is 110 Å². The molecule has 2 rings (SSSR count). The third-order valence-electron chi connectivity index (χ3n) is 2.15. The summed E-state index contributed by atoms with van der Waals surface area (Å²) in [5.74, 6) is 0.732. The lowest BCUT2D eigenvalue weighted by Gasteiger charge is -2.04. The van der Waals surface area contributed by atoms with E-state index in [0.29, 0.717) is 5.15 Å². The minimum atomic E-state index is 0.546. The molecule has 0 radical (unpaired) electrons. The van der Waals surface area contributed by atoms with Crippen LogP contribution in [0.2, 0.25) is 5.15 Å². The lowest BCUT2D eigenvalue weighted by Crippen LogP contribution is -1.93. The maximum atomic E-state index is 5.99. The summed E-state index contributed by atoms with van der Waals surface area (Å²) in [7, 11) is 0. The molecular formula is C12H12ClN3S. The Kier molecular flexibility index (Phi) is 3.97. The Hall–Kier alpha value is -1.13. The van der Waals surface area contributed by atoms with Gasteiger partial charge in [-0.15, -0.1) is 0 Å². The number of rotatable bonds is 3. The first-order valence-electron chi connectivity index (χ1n) is 5.19. The van der Waals surface area contributed by atoms with Gasteiger partial charge in [0.1, 0.15) is 5.15 Å². The van der Waals surface area contributed by atoms with E-state index in [-0.39, 0.29) is 0 Å². The van der Waals surface area contributed by atoms with E-state index in [1.54, 1.807) is 18.0 Å². The Morgan fingerprint density at radius 3 is 2.59 bits per heavy atom. The monoisotopic (exact) mass is 265 g/mol. The van der Waals surface area contributed by atoms with Gasteiger partial charge in [-0.25, -0.2) is 15.0 Å². The van der Waals surface area contributed by atoms with E-state index < -0.39 is 0 Å². The maximum Gasteiger partial charge on any atom is 0.188 e. The van der Waals surface area contributed by atoms with Gasteiger partial charge in [-0.3, -0.25) is 0 Å². The second-order valence-electron chi connectivity index (χ2n) is 3.68. The SMILES string of the molecule is Cc1cc(C)nc(SCc2cccnc2Cl)n1. The zero-order chi connectivity index (χ0) is 12.3. The molecule has 88 valence electrons. The number of pyridine rings is 1. The largest absolute Gasteiger partial charge is 0.244 e. The zero-order valence-electron chi connectivity index (χ0n) is 9.64. The van der Waals surface area contributed by atoms with Gasteiger partial charge in [-0.05, 0) is 31.5 Å². The first-order valence-corrected chi connectivity index (χ1v) is 6.56. The molecule has 2 aromatic heterocycles. The lowest BCUT2D eigenvalue weighted by molar-refractivity contribution is 0.902. The summed E-state index contributed by atoms with van der Waals surface area (Å²) in [6.45, 7) is 3.94. The Morgan fingerprint density at radius 2 is 1.94 bits per heavy atom. The molecular weight excluding hydrogens is 254 g/mol. The molecule has 0 amide bonds. The van der Waals surface area contributed by atoms with Crippen molar-refractivity contribution in [2.45, 2.75) is 24.8 Å². The topological polar surface area (TPSA) is 38.7 Å². The maximum absolute atomic E-state index is 5.99. The van der Waals surface area contributed by atoms with Crippen LogP contribution < -0.4 is 0 Å². The molecule has 0 aliphatic carbocycles. The number of aromatic nitrogens is 3. The molecule has 0 saturated heterocycles. The first kappa shape index (κ1) is 12.3. The number of aryl methyl sites for hydroxylation is 2. The second-order valence-corrected chi connectivity index (χ2v) is 4.98. The summed E-state index contributed by atoms with van der Waals surface area (Å²) in [6, 6.07) is 5.80. The lowest BCUT2D eigenvalue weighted by atomic mass is 10.3. The van der Waals surface area contributed by atoms with Gasteiger partial charge in [0, 0.05) is 23.3 Å². The summed E-state index contributed by atoms with van der Waals surface area (Å²) in [5, 5.41) is 1.33. The quantitative estimate of drug-likeness (QED) is 0.484. The standard InChI is InChI=1S/C12H12ClN3S/c1-8-6-9(2)16-12(15-8)17-7-10-4-3-5-14-11(10)13/h3-6H,7H2,1-2H3. The molecule has 0 fully saturated rings. The Morgan fingerprint density at radius 1 is 1.24 bits per heavy atom. The van der Waals surface area contributed by atoms with Gasteiger partial charge in [0.2, 0.25) is 0 Å². The van der Waals surface area contributed by atoms with Crippen LogP contribution in [0.25, 0.3) is 0 Å². The molecule has 3 nitrogen and oxygen atoms in total. The predicted octanol–water partition coefficient (Wildman–Crippen LogP) is 3.43. The minimum Gasteiger partial charge on any atom is -0.244 e. The molecule has 0 aromatic carbocycles. The smallest absolute Gasteiger partial charge is 0.188 e. The van der Waals surface area contributed by atoms with E-state index in [0.717, 1.165) is 27.9 Å². The number of nitrogens with zero attached hydrogens (tertiary/aromatic N) is 3. The molecule has 0 aliphatic rings. The average molecular weight is 266 g/mol. The van der Waals surface area contributed by atoms with Gasteiger partial charge in [0.25, 0.3) is 0 Å². The van der Waals surface area contributed by atoms with Crippen molar-refractivity contribution in [3.05, 3.63) is 46.5 Å². The molecule has 0 bridgehead atoms. The fourth-order valence-corrected chi connectivity index (χ4v) is 2.63. The van der Waals surface area contributed by atoms with Gasteiger partial charge >= 0.3 is 0 Å². The molecule has 0 spiro atoms. The highest BCUT2D eigenvalue weighted by atomic mass is 35.5. The van der Waals surface area contributed by atoms with E-state index in [1.165, 1.54) is 0 Å². The number of halogens is 1. The Balaban J connectivity index is 2.10. The van der Waals surface area contributed by atoms with Crippen LogP contribution in [-0.4, -0.2) is 15.0 Å².